The third kappa shape index (κ3) is 5.67. The van der Waals surface area contributed by atoms with Crippen LogP contribution in [0, 0.1) is 12.7 Å². The van der Waals surface area contributed by atoms with Crippen LogP contribution in [0.1, 0.15) is 25.0 Å². The summed E-state index contributed by atoms with van der Waals surface area (Å²) in [7, 11) is -0.425. The van der Waals surface area contributed by atoms with Crippen LogP contribution in [0.4, 0.5) is 9.18 Å². The van der Waals surface area contributed by atoms with Crippen LogP contribution < -0.4 is 4.74 Å². The Balaban J connectivity index is 1.51. The van der Waals surface area contributed by atoms with Crippen molar-refractivity contribution in [3.05, 3.63) is 120 Å². The highest BCUT2D eigenvalue weighted by Gasteiger charge is 2.29. The first kappa shape index (κ1) is 23.6. The normalized spacial score (nSPS) is 12.1. The van der Waals surface area contributed by atoms with E-state index < -0.39 is 22.7 Å². The molecule has 34 heavy (non-hydrogen) atoms. The van der Waals surface area contributed by atoms with Crippen LogP contribution in [0.3, 0.4) is 0 Å². The molecule has 0 aromatic heterocycles. The van der Waals surface area contributed by atoms with E-state index in [0.29, 0.717) is 5.75 Å². The molecule has 1 atom stereocenters. The summed E-state index contributed by atoms with van der Waals surface area (Å²) in [6.07, 6.45) is -0.765. The number of aryl methyl sites for hydroxylation is 1. The van der Waals surface area contributed by atoms with Crippen LogP contribution in [0.25, 0.3) is 0 Å². The fourth-order valence-electron chi connectivity index (χ4n) is 3.52. The van der Waals surface area contributed by atoms with E-state index in [2.05, 4.69) is 12.1 Å². The van der Waals surface area contributed by atoms with E-state index in [1.54, 1.807) is 24.3 Å². The maximum atomic E-state index is 13.5. The fourth-order valence-corrected chi connectivity index (χ4v) is 5.58. The summed E-state index contributed by atoms with van der Waals surface area (Å²) in [6.45, 7) is 5.67. The molecular formula is C29H26FO3S+. The molecule has 0 amide bonds. The molecule has 4 rings (SSSR count). The SMILES string of the molecule is Cc1ccc(C(C)(C)OC(=O)Oc2ccc([S+](c3ccccc3)c3ccc(F)cc3)cc2)cc1. The van der Waals surface area contributed by atoms with E-state index in [0.717, 1.165) is 25.8 Å². The summed E-state index contributed by atoms with van der Waals surface area (Å²) in [5.74, 6) is 0.125. The lowest BCUT2D eigenvalue weighted by atomic mass is 9.97. The van der Waals surface area contributed by atoms with E-state index in [1.165, 1.54) is 12.1 Å². The number of hydrogen-bond donors (Lipinski definition) is 0. The summed E-state index contributed by atoms with van der Waals surface area (Å²) < 4.78 is 24.6. The fraction of sp³-hybridized carbons (Fsp3) is 0.138. The highest BCUT2D eigenvalue weighted by Crippen LogP contribution is 2.32. The first-order valence-electron chi connectivity index (χ1n) is 10.9. The van der Waals surface area contributed by atoms with Gasteiger partial charge in [-0.05, 0) is 87.0 Å². The standard InChI is InChI=1S/C29H26FO3S/c1-21-9-11-22(12-10-21)29(2,3)33-28(31)32-24-15-19-27(20-16-24)34(25-7-5-4-6-8-25)26-17-13-23(30)14-18-26/h4-20H,1-3H3/q+1. The summed E-state index contributed by atoms with van der Waals surface area (Å²) in [4.78, 5) is 15.6. The summed E-state index contributed by atoms with van der Waals surface area (Å²) in [5.41, 5.74) is 1.20. The highest BCUT2D eigenvalue weighted by atomic mass is 32.2. The number of hydrogen-bond acceptors (Lipinski definition) is 3. The minimum Gasteiger partial charge on any atom is -0.423 e. The van der Waals surface area contributed by atoms with Crippen molar-refractivity contribution in [2.45, 2.75) is 41.1 Å². The molecule has 5 heteroatoms. The Kier molecular flexibility index (Phi) is 7.03. The molecule has 0 aliphatic carbocycles. The largest absolute Gasteiger partial charge is 0.514 e. The van der Waals surface area contributed by atoms with E-state index in [-0.39, 0.29) is 5.82 Å². The zero-order chi connectivity index (χ0) is 24.1. The van der Waals surface area contributed by atoms with Gasteiger partial charge in [0.25, 0.3) is 0 Å². The van der Waals surface area contributed by atoms with E-state index in [4.69, 9.17) is 9.47 Å². The predicted molar refractivity (Wildman–Crippen MR) is 133 cm³/mol. The molecule has 0 aliphatic heterocycles. The average molecular weight is 474 g/mol. The molecule has 0 heterocycles. The molecular weight excluding hydrogens is 447 g/mol. The van der Waals surface area contributed by atoms with Crippen molar-refractivity contribution in [1.29, 1.82) is 0 Å². The Morgan fingerprint density at radius 2 is 1.26 bits per heavy atom. The quantitative estimate of drug-likeness (QED) is 0.164. The Morgan fingerprint density at radius 1 is 0.735 bits per heavy atom. The third-order valence-electron chi connectivity index (χ3n) is 5.37. The van der Waals surface area contributed by atoms with Crippen LogP contribution >= 0.6 is 0 Å². The van der Waals surface area contributed by atoms with Crippen LogP contribution in [0.2, 0.25) is 0 Å². The van der Waals surface area contributed by atoms with Crippen molar-refractivity contribution < 1.29 is 18.7 Å². The summed E-state index contributed by atoms with van der Waals surface area (Å²) in [5, 5.41) is 0. The van der Waals surface area contributed by atoms with Gasteiger partial charge < -0.3 is 9.47 Å². The average Bonchev–Trinajstić information content (AvgIpc) is 2.82. The highest BCUT2D eigenvalue weighted by molar-refractivity contribution is 7.97. The smallest absolute Gasteiger partial charge is 0.423 e. The summed E-state index contributed by atoms with van der Waals surface area (Å²) >= 11 is 0. The molecule has 0 fully saturated rings. The Bertz CT molecular complexity index is 1240. The van der Waals surface area contributed by atoms with E-state index in [1.807, 2.05) is 75.4 Å². The predicted octanol–water partition coefficient (Wildman–Crippen LogP) is 7.68. The molecule has 172 valence electrons. The van der Waals surface area contributed by atoms with Gasteiger partial charge in [0.2, 0.25) is 0 Å². The molecule has 0 bridgehead atoms. The Morgan fingerprint density at radius 3 is 1.85 bits per heavy atom. The first-order valence-corrected chi connectivity index (χ1v) is 12.2. The number of rotatable bonds is 6. The number of benzene rings is 4. The molecule has 4 aromatic rings. The van der Waals surface area contributed by atoms with Gasteiger partial charge in [0.15, 0.2) is 14.7 Å². The molecule has 3 nitrogen and oxygen atoms in total. The molecule has 0 N–H and O–H groups in total. The van der Waals surface area contributed by atoms with Gasteiger partial charge in [-0.2, -0.15) is 0 Å². The van der Waals surface area contributed by atoms with Gasteiger partial charge in [0.05, 0.1) is 10.9 Å². The van der Waals surface area contributed by atoms with Gasteiger partial charge in [0.1, 0.15) is 17.2 Å². The lowest BCUT2D eigenvalue weighted by Crippen LogP contribution is -2.27. The van der Waals surface area contributed by atoms with Gasteiger partial charge in [-0.3, -0.25) is 0 Å². The lowest BCUT2D eigenvalue weighted by molar-refractivity contribution is 0.00636. The topological polar surface area (TPSA) is 35.5 Å². The van der Waals surface area contributed by atoms with Crippen molar-refractivity contribution >= 4 is 17.1 Å². The minimum absolute atomic E-state index is 0.267. The van der Waals surface area contributed by atoms with Gasteiger partial charge in [0, 0.05) is 0 Å². The van der Waals surface area contributed by atoms with Crippen molar-refractivity contribution in [2.24, 2.45) is 0 Å². The lowest BCUT2D eigenvalue weighted by Gasteiger charge is -2.25. The molecule has 0 aliphatic rings. The zero-order valence-electron chi connectivity index (χ0n) is 19.3. The van der Waals surface area contributed by atoms with Crippen LogP contribution in [-0.4, -0.2) is 6.16 Å². The molecule has 4 aromatic carbocycles. The van der Waals surface area contributed by atoms with Crippen molar-refractivity contribution in [3.8, 4) is 5.75 Å². The van der Waals surface area contributed by atoms with Crippen LogP contribution in [0.5, 0.6) is 5.75 Å². The molecule has 0 saturated heterocycles. The van der Waals surface area contributed by atoms with Gasteiger partial charge >= 0.3 is 6.16 Å². The second-order valence-corrected chi connectivity index (χ2v) is 10.4. The van der Waals surface area contributed by atoms with Crippen molar-refractivity contribution in [1.82, 2.24) is 0 Å². The monoisotopic (exact) mass is 473 g/mol. The number of ether oxygens (including phenoxy) is 2. The summed E-state index contributed by atoms with van der Waals surface area (Å²) in [6, 6.07) is 31.8. The van der Waals surface area contributed by atoms with E-state index >= 15 is 0 Å². The first-order chi connectivity index (χ1) is 16.3. The van der Waals surface area contributed by atoms with Gasteiger partial charge in [-0.25, -0.2) is 9.18 Å². The van der Waals surface area contributed by atoms with Crippen molar-refractivity contribution in [3.63, 3.8) is 0 Å². The van der Waals surface area contributed by atoms with Gasteiger partial charge in [-0.1, -0.05) is 48.0 Å². The van der Waals surface area contributed by atoms with Crippen LogP contribution in [0.15, 0.2) is 118 Å². The van der Waals surface area contributed by atoms with E-state index in [9.17, 15) is 9.18 Å². The second-order valence-electron chi connectivity index (χ2n) is 8.38. The number of carbonyl (C=O) groups is 1. The van der Waals surface area contributed by atoms with Crippen LogP contribution in [-0.2, 0) is 21.2 Å². The molecule has 0 spiro atoms. The molecule has 0 saturated carbocycles. The maximum absolute atomic E-state index is 13.5. The molecule has 1 unspecified atom stereocenters. The number of carbonyl (C=O) groups excluding carboxylic acids is 1. The Labute approximate surface area is 202 Å². The Hall–Kier alpha value is -3.57. The van der Waals surface area contributed by atoms with Crippen molar-refractivity contribution in [2.75, 3.05) is 0 Å². The van der Waals surface area contributed by atoms with Gasteiger partial charge in [-0.15, -0.1) is 0 Å². The second kappa shape index (κ2) is 10.1. The third-order valence-corrected chi connectivity index (χ3v) is 7.60. The maximum Gasteiger partial charge on any atom is 0.514 e. The minimum atomic E-state index is -0.826. The zero-order valence-corrected chi connectivity index (χ0v) is 20.1. The molecule has 0 radical (unpaired) electrons. The number of halogens is 1.